The fraction of sp³-hybridized carbons (Fsp3) is 0.349. The Bertz CT molecular complexity index is 2490. The average Bonchev–Trinajstić information content (AvgIpc) is 3.62. The number of pyridine rings is 2. The van der Waals surface area contributed by atoms with E-state index in [1.165, 1.54) is 35.7 Å². The first-order chi connectivity index (χ1) is 28.6. The normalized spacial score (nSPS) is 14.5. The Morgan fingerprint density at radius 3 is 2.40 bits per heavy atom. The van der Waals surface area contributed by atoms with Crippen molar-refractivity contribution < 1.29 is 33.4 Å². The van der Waals surface area contributed by atoms with Gasteiger partial charge in [0.05, 0.1) is 47.5 Å². The van der Waals surface area contributed by atoms with E-state index in [1.807, 2.05) is 12.1 Å². The zero-order chi connectivity index (χ0) is 43.3. The molecule has 0 radical (unpaired) electrons. The molecule has 1 unspecified atom stereocenters. The molecule has 0 saturated carbocycles. The van der Waals surface area contributed by atoms with Gasteiger partial charge in [-0.25, -0.2) is 19.2 Å². The largest absolute Gasteiger partial charge is 0.481 e. The van der Waals surface area contributed by atoms with Crippen LogP contribution < -0.4 is 26.2 Å². The number of amides is 3. The molecular weight excluding hydrogens is 816 g/mol. The van der Waals surface area contributed by atoms with Gasteiger partial charge < -0.3 is 35.4 Å². The van der Waals surface area contributed by atoms with Gasteiger partial charge in [-0.05, 0) is 44.9 Å². The highest BCUT2D eigenvalue weighted by molar-refractivity contribution is 6.39. The first-order valence-electron chi connectivity index (χ1n) is 19.2. The highest BCUT2D eigenvalue weighted by Gasteiger charge is 2.31. The number of benzene rings is 2. The number of hydrogen-bond donors (Lipinski definition) is 4. The minimum absolute atomic E-state index is 0.0221. The summed E-state index contributed by atoms with van der Waals surface area (Å²) in [7, 11) is 2.85. The molecule has 5 aromatic rings. The van der Waals surface area contributed by atoms with Gasteiger partial charge in [-0.1, -0.05) is 59.6 Å². The molecule has 0 bridgehead atoms. The van der Waals surface area contributed by atoms with Gasteiger partial charge in [0.2, 0.25) is 17.7 Å². The standard InChI is InChI=1S/C43H46Cl2FN7O7/c1-43(2,3)60-42(58)52(22-26-12-13-36(55)50-26)23-32-33(46)18-34(51-40(32)59-5)31-11-7-10-30(39(31)45)29-9-6-8-28(38(29)44)24-14-15-53-35(16-24)49-20-25(41(53)57)19-48-21-27(54)17-37(56)47-4/h6-11,14-16,18,20,26-27,48,54H,12-13,17,19,21-23H2,1-5H3,(H,47,56)(H,50,55)/t26-,27?/m0/s1. The van der Waals surface area contributed by atoms with E-state index in [4.69, 9.17) is 32.7 Å². The van der Waals surface area contributed by atoms with Gasteiger partial charge in [-0.3, -0.25) is 18.8 Å². The van der Waals surface area contributed by atoms with Crippen molar-refractivity contribution in [2.45, 2.75) is 70.9 Å². The van der Waals surface area contributed by atoms with Crippen LogP contribution in [0.3, 0.4) is 0 Å². The Hall–Kier alpha value is -5.61. The Balaban J connectivity index is 1.26. The predicted octanol–water partition coefficient (Wildman–Crippen LogP) is 6.15. The number of hydrogen-bond acceptors (Lipinski definition) is 10. The second kappa shape index (κ2) is 18.8. The van der Waals surface area contributed by atoms with Crippen molar-refractivity contribution in [3.05, 3.63) is 104 Å². The van der Waals surface area contributed by atoms with E-state index in [0.717, 1.165) is 0 Å². The first kappa shape index (κ1) is 44.0. The van der Waals surface area contributed by atoms with Crippen molar-refractivity contribution in [3.63, 3.8) is 0 Å². The highest BCUT2D eigenvalue weighted by Crippen LogP contribution is 2.43. The molecule has 3 aromatic heterocycles. The third-order valence-corrected chi connectivity index (χ3v) is 10.6. The molecule has 2 atom stereocenters. The maximum Gasteiger partial charge on any atom is 0.410 e. The van der Waals surface area contributed by atoms with E-state index in [2.05, 4.69) is 25.9 Å². The number of nitrogens with zero attached hydrogens (tertiary/aromatic N) is 4. The zero-order valence-corrected chi connectivity index (χ0v) is 35.3. The number of rotatable bonds is 14. The Morgan fingerprint density at radius 1 is 1.07 bits per heavy atom. The van der Waals surface area contributed by atoms with Gasteiger partial charge >= 0.3 is 6.09 Å². The van der Waals surface area contributed by atoms with E-state index >= 15 is 4.39 Å². The summed E-state index contributed by atoms with van der Waals surface area (Å²) < 4.78 is 28.8. The fourth-order valence-corrected chi connectivity index (χ4v) is 7.50. The summed E-state index contributed by atoms with van der Waals surface area (Å²) in [6, 6.07) is 15.1. The highest BCUT2D eigenvalue weighted by atomic mass is 35.5. The van der Waals surface area contributed by atoms with Crippen LogP contribution >= 0.6 is 23.2 Å². The summed E-state index contributed by atoms with van der Waals surface area (Å²) in [6.07, 6.45) is 2.28. The first-order valence-corrected chi connectivity index (χ1v) is 20.0. The molecule has 316 valence electrons. The molecule has 60 heavy (non-hydrogen) atoms. The summed E-state index contributed by atoms with van der Waals surface area (Å²) in [5, 5.41) is 19.0. The van der Waals surface area contributed by atoms with Gasteiger partial charge in [0, 0.05) is 85.4 Å². The van der Waals surface area contributed by atoms with Crippen LogP contribution in [0.4, 0.5) is 9.18 Å². The maximum atomic E-state index is 16.2. The summed E-state index contributed by atoms with van der Waals surface area (Å²) in [5.41, 5.74) is 2.72. The Morgan fingerprint density at radius 2 is 1.75 bits per heavy atom. The van der Waals surface area contributed by atoms with Crippen LogP contribution in [0, 0.1) is 5.82 Å². The van der Waals surface area contributed by atoms with Crippen LogP contribution in [-0.2, 0) is 27.4 Å². The van der Waals surface area contributed by atoms with Crippen molar-refractivity contribution in [3.8, 4) is 39.4 Å². The molecule has 0 spiro atoms. The Kier molecular flexibility index (Phi) is 13.7. The molecule has 1 fully saturated rings. The van der Waals surface area contributed by atoms with Crippen LogP contribution in [-0.4, -0.2) is 87.3 Å². The molecule has 2 aromatic carbocycles. The number of aliphatic hydroxyl groups is 1. The smallest absolute Gasteiger partial charge is 0.410 e. The zero-order valence-electron chi connectivity index (χ0n) is 33.8. The number of carbonyl (C=O) groups excluding carboxylic acids is 3. The second-order valence-electron chi connectivity index (χ2n) is 15.4. The summed E-state index contributed by atoms with van der Waals surface area (Å²) in [5.74, 6) is -1.15. The van der Waals surface area contributed by atoms with Crippen LogP contribution in [0.1, 0.15) is 51.2 Å². The monoisotopic (exact) mass is 861 g/mol. The molecule has 1 aliphatic heterocycles. The predicted molar refractivity (Wildman–Crippen MR) is 226 cm³/mol. The number of halogens is 3. The van der Waals surface area contributed by atoms with Crippen molar-refractivity contribution >= 4 is 46.8 Å². The molecule has 17 heteroatoms. The third-order valence-electron chi connectivity index (χ3n) is 9.80. The summed E-state index contributed by atoms with van der Waals surface area (Å²) in [4.78, 5) is 60.5. The van der Waals surface area contributed by atoms with Crippen molar-refractivity contribution in [1.82, 2.24) is 35.2 Å². The molecule has 0 aliphatic carbocycles. The molecular formula is C43H46Cl2FN7O7. The number of fused-ring (bicyclic) bond motifs is 1. The lowest BCUT2D eigenvalue weighted by molar-refractivity contribution is -0.122. The van der Waals surface area contributed by atoms with Crippen LogP contribution in [0.15, 0.2) is 71.8 Å². The van der Waals surface area contributed by atoms with E-state index < -0.39 is 23.6 Å². The van der Waals surface area contributed by atoms with Crippen molar-refractivity contribution in [2.24, 2.45) is 0 Å². The van der Waals surface area contributed by atoms with Gasteiger partial charge in [0.15, 0.2) is 0 Å². The van der Waals surface area contributed by atoms with Gasteiger partial charge in [-0.15, -0.1) is 0 Å². The molecule has 1 aliphatic rings. The molecule has 4 N–H and O–H groups in total. The molecule has 3 amide bonds. The van der Waals surface area contributed by atoms with Crippen molar-refractivity contribution in [2.75, 3.05) is 27.2 Å². The maximum absolute atomic E-state index is 16.2. The molecule has 1 saturated heterocycles. The number of methoxy groups -OCH3 is 1. The molecule has 4 heterocycles. The lowest BCUT2D eigenvalue weighted by Crippen LogP contribution is -2.44. The molecule has 14 nitrogen and oxygen atoms in total. The lowest BCUT2D eigenvalue weighted by Gasteiger charge is -2.29. The van der Waals surface area contributed by atoms with E-state index in [-0.39, 0.29) is 78.2 Å². The number of nitrogens with one attached hydrogen (secondary N) is 3. The van der Waals surface area contributed by atoms with Crippen LogP contribution in [0.25, 0.3) is 39.2 Å². The minimum atomic E-state index is -0.910. The number of ether oxygens (including phenoxy) is 2. The SMILES string of the molecule is CNC(=O)CC(O)CNCc1cnc2cc(-c3cccc(-c4cccc(-c5cc(F)c(CN(C[C@@H]6CCC(=O)N6)C(=O)OC(C)(C)C)c(OC)n5)c4Cl)c3Cl)ccn2c1=O. The fourth-order valence-electron chi connectivity index (χ4n) is 6.83. The van der Waals surface area contributed by atoms with Gasteiger partial charge in [0.1, 0.15) is 17.1 Å². The summed E-state index contributed by atoms with van der Waals surface area (Å²) >= 11 is 14.2. The van der Waals surface area contributed by atoms with E-state index in [1.54, 1.807) is 63.4 Å². The third kappa shape index (κ3) is 10.2. The Labute approximate surface area is 356 Å². The van der Waals surface area contributed by atoms with Gasteiger partial charge in [-0.2, -0.15) is 0 Å². The number of carbonyl (C=O) groups is 3. The van der Waals surface area contributed by atoms with E-state index in [9.17, 15) is 24.3 Å². The van der Waals surface area contributed by atoms with Crippen molar-refractivity contribution in [1.29, 1.82) is 0 Å². The minimum Gasteiger partial charge on any atom is -0.481 e. The van der Waals surface area contributed by atoms with Gasteiger partial charge in [0.25, 0.3) is 5.56 Å². The second-order valence-corrected chi connectivity index (χ2v) is 16.1. The average molecular weight is 863 g/mol. The molecule has 6 rings (SSSR count). The van der Waals surface area contributed by atoms with E-state index in [0.29, 0.717) is 56.9 Å². The summed E-state index contributed by atoms with van der Waals surface area (Å²) in [6.45, 7) is 5.32. The quantitative estimate of drug-likeness (QED) is 0.101. The topological polar surface area (TPSA) is 176 Å². The van der Waals surface area contributed by atoms with Crippen LogP contribution in [0.5, 0.6) is 5.88 Å². The number of aliphatic hydroxyl groups excluding tert-OH is 1. The number of aromatic nitrogens is 3. The van der Waals surface area contributed by atoms with Crippen LogP contribution in [0.2, 0.25) is 10.0 Å². The lowest BCUT2D eigenvalue weighted by atomic mass is 9.97.